The average Bonchev–Trinajstić information content (AvgIpc) is 3.11. The maximum absolute atomic E-state index is 12.8. The van der Waals surface area contributed by atoms with Crippen LogP contribution in [0.5, 0.6) is 11.5 Å². The number of nitrogen functional groups attached to an aromatic ring is 1. The number of nitrogens with two attached hydrogens (primary N) is 1. The molecule has 0 bridgehead atoms. The Balaban J connectivity index is 1.73. The number of aryl methyl sites for hydroxylation is 1. The Morgan fingerprint density at radius 2 is 1.70 bits per heavy atom. The van der Waals surface area contributed by atoms with E-state index in [2.05, 4.69) is 10.6 Å². The summed E-state index contributed by atoms with van der Waals surface area (Å²) in [5.74, 6) is 0.560. The van der Waals surface area contributed by atoms with Crippen LogP contribution in [0.1, 0.15) is 31.2 Å². The molecule has 8 heteroatoms. The van der Waals surface area contributed by atoms with Crippen molar-refractivity contribution >= 4 is 33.8 Å². The highest BCUT2D eigenvalue weighted by Crippen LogP contribution is 2.30. The second kappa shape index (κ2) is 9.32. The van der Waals surface area contributed by atoms with Crippen LogP contribution in [0.25, 0.3) is 0 Å². The SMILES string of the molecule is COc1ccc(CNC(=O)c2cc(C)sc2NC(=O)c2ccccc2N)cc1OC. The van der Waals surface area contributed by atoms with E-state index < -0.39 is 0 Å². The summed E-state index contributed by atoms with van der Waals surface area (Å²) in [5, 5.41) is 6.16. The van der Waals surface area contributed by atoms with Crippen LogP contribution in [0.15, 0.2) is 48.5 Å². The second-order valence-corrected chi connectivity index (χ2v) is 7.77. The summed E-state index contributed by atoms with van der Waals surface area (Å²) >= 11 is 1.33. The number of anilines is 2. The van der Waals surface area contributed by atoms with Gasteiger partial charge in [-0.3, -0.25) is 9.59 Å². The number of methoxy groups -OCH3 is 2. The molecular formula is C22H23N3O4S. The number of carbonyl (C=O) groups is 2. The van der Waals surface area contributed by atoms with Gasteiger partial charge in [-0.05, 0) is 42.8 Å². The van der Waals surface area contributed by atoms with E-state index in [1.165, 1.54) is 11.3 Å². The van der Waals surface area contributed by atoms with E-state index >= 15 is 0 Å². The van der Waals surface area contributed by atoms with Crippen LogP contribution in [0.4, 0.5) is 10.7 Å². The van der Waals surface area contributed by atoms with E-state index in [0.29, 0.717) is 39.9 Å². The molecule has 0 unspecified atom stereocenters. The van der Waals surface area contributed by atoms with Gasteiger partial charge >= 0.3 is 0 Å². The molecule has 2 aromatic carbocycles. The van der Waals surface area contributed by atoms with Gasteiger partial charge in [0.2, 0.25) is 0 Å². The van der Waals surface area contributed by atoms with Crippen LogP contribution in [-0.4, -0.2) is 26.0 Å². The standard InChI is InChI=1S/C22H23N3O4S/c1-13-10-16(22(30-13)25-21(27)15-6-4-5-7-17(15)23)20(26)24-12-14-8-9-18(28-2)19(11-14)29-3/h4-11H,12,23H2,1-3H3,(H,24,26)(H,25,27). The summed E-state index contributed by atoms with van der Waals surface area (Å²) < 4.78 is 10.5. The molecule has 1 aromatic heterocycles. The van der Waals surface area contributed by atoms with Gasteiger partial charge < -0.3 is 25.8 Å². The van der Waals surface area contributed by atoms with Crippen LogP contribution in [0.3, 0.4) is 0 Å². The van der Waals surface area contributed by atoms with E-state index in [4.69, 9.17) is 15.2 Å². The zero-order valence-electron chi connectivity index (χ0n) is 16.9. The van der Waals surface area contributed by atoms with Gasteiger partial charge in [0.1, 0.15) is 5.00 Å². The minimum absolute atomic E-state index is 0.287. The Labute approximate surface area is 178 Å². The molecule has 0 saturated heterocycles. The molecule has 2 amide bonds. The van der Waals surface area contributed by atoms with Crippen LogP contribution < -0.4 is 25.8 Å². The number of hydrogen-bond donors (Lipinski definition) is 3. The molecule has 1 heterocycles. The van der Waals surface area contributed by atoms with Gasteiger partial charge in [0.15, 0.2) is 11.5 Å². The number of amides is 2. The molecule has 0 aliphatic rings. The first-order valence-electron chi connectivity index (χ1n) is 9.18. The van der Waals surface area contributed by atoms with E-state index in [9.17, 15) is 9.59 Å². The predicted octanol–water partition coefficient (Wildman–Crippen LogP) is 3.84. The summed E-state index contributed by atoms with van der Waals surface area (Å²) in [6.45, 7) is 2.18. The fourth-order valence-corrected chi connectivity index (χ4v) is 3.82. The third-order valence-electron chi connectivity index (χ3n) is 4.43. The third-order valence-corrected chi connectivity index (χ3v) is 5.40. The molecule has 156 valence electrons. The molecule has 0 aliphatic heterocycles. The topological polar surface area (TPSA) is 103 Å². The highest BCUT2D eigenvalue weighted by Gasteiger charge is 2.18. The first kappa shape index (κ1) is 21.2. The number of benzene rings is 2. The molecule has 0 saturated carbocycles. The Bertz CT molecular complexity index is 1080. The predicted molar refractivity (Wildman–Crippen MR) is 119 cm³/mol. The van der Waals surface area contributed by atoms with Gasteiger partial charge in [-0.1, -0.05) is 18.2 Å². The highest BCUT2D eigenvalue weighted by molar-refractivity contribution is 7.16. The van der Waals surface area contributed by atoms with Crippen LogP contribution >= 0.6 is 11.3 Å². The first-order valence-corrected chi connectivity index (χ1v) is 10.00. The Morgan fingerprint density at radius 3 is 2.40 bits per heavy atom. The Morgan fingerprint density at radius 1 is 0.967 bits per heavy atom. The van der Waals surface area contributed by atoms with Crippen molar-refractivity contribution in [1.29, 1.82) is 0 Å². The largest absolute Gasteiger partial charge is 0.493 e. The molecule has 0 atom stereocenters. The number of hydrogen-bond acceptors (Lipinski definition) is 6. The minimum atomic E-state index is -0.358. The quantitative estimate of drug-likeness (QED) is 0.499. The monoisotopic (exact) mass is 425 g/mol. The Kier molecular flexibility index (Phi) is 6.58. The van der Waals surface area contributed by atoms with Gasteiger partial charge in [0.05, 0.1) is 25.3 Å². The molecule has 30 heavy (non-hydrogen) atoms. The molecule has 4 N–H and O–H groups in total. The maximum atomic E-state index is 12.8. The zero-order chi connectivity index (χ0) is 21.7. The molecule has 0 spiro atoms. The van der Waals surface area contributed by atoms with E-state index in [0.717, 1.165) is 10.4 Å². The van der Waals surface area contributed by atoms with E-state index in [1.807, 2.05) is 13.0 Å². The van der Waals surface area contributed by atoms with Crippen LogP contribution in [-0.2, 0) is 6.54 Å². The number of nitrogens with one attached hydrogen (secondary N) is 2. The van der Waals surface area contributed by atoms with Crippen molar-refractivity contribution in [2.45, 2.75) is 13.5 Å². The lowest BCUT2D eigenvalue weighted by Gasteiger charge is -2.11. The number of ether oxygens (including phenoxy) is 2. The normalized spacial score (nSPS) is 10.4. The highest BCUT2D eigenvalue weighted by atomic mass is 32.1. The van der Waals surface area contributed by atoms with Crippen molar-refractivity contribution in [3.05, 3.63) is 70.1 Å². The van der Waals surface area contributed by atoms with Gasteiger partial charge in [0, 0.05) is 17.1 Å². The lowest BCUT2D eigenvalue weighted by molar-refractivity contribution is 0.0952. The molecule has 3 rings (SSSR count). The van der Waals surface area contributed by atoms with Crippen molar-refractivity contribution in [3.8, 4) is 11.5 Å². The molecule has 7 nitrogen and oxygen atoms in total. The third kappa shape index (κ3) is 4.72. The number of para-hydroxylation sites is 1. The van der Waals surface area contributed by atoms with Gasteiger partial charge in [-0.2, -0.15) is 0 Å². The summed E-state index contributed by atoms with van der Waals surface area (Å²) in [4.78, 5) is 26.3. The van der Waals surface area contributed by atoms with Crippen molar-refractivity contribution in [2.24, 2.45) is 0 Å². The fourth-order valence-electron chi connectivity index (χ4n) is 2.92. The first-order chi connectivity index (χ1) is 14.4. The summed E-state index contributed by atoms with van der Waals surface area (Å²) in [6.07, 6.45) is 0. The zero-order valence-corrected chi connectivity index (χ0v) is 17.8. The minimum Gasteiger partial charge on any atom is -0.493 e. The fraction of sp³-hybridized carbons (Fsp3) is 0.182. The van der Waals surface area contributed by atoms with Crippen molar-refractivity contribution in [1.82, 2.24) is 5.32 Å². The lowest BCUT2D eigenvalue weighted by Crippen LogP contribution is -2.24. The summed E-state index contributed by atoms with van der Waals surface area (Å²) in [7, 11) is 3.12. The number of carbonyl (C=O) groups excluding carboxylic acids is 2. The molecule has 0 fully saturated rings. The van der Waals surface area contributed by atoms with Crippen molar-refractivity contribution < 1.29 is 19.1 Å². The van der Waals surface area contributed by atoms with Gasteiger partial charge in [-0.15, -0.1) is 11.3 Å². The summed E-state index contributed by atoms with van der Waals surface area (Å²) in [5.41, 5.74) is 7.88. The maximum Gasteiger partial charge on any atom is 0.258 e. The van der Waals surface area contributed by atoms with E-state index in [1.54, 1.807) is 56.7 Å². The molecule has 3 aromatic rings. The lowest BCUT2D eigenvalue weighted by atomic mass is 10.1. The van der Waals surface area contributed by atoms with Gasteiger partial charge in [0.25, 0.3) is 11.8 Å². The smallest absolute Gasteiger partial charge is 0.258 e. The molecule has 0 aliphatic carbocycles. The van der Waals surface area contributed by atoms with E-state index in [-0.39, 0.29) is 11.8 Å². The van der Waals surface area contributed by atoms with Crippen molar-refractivity contribution in [2.75, 3.05) is 25.3 Å². The van der Waals surface area contributed by atoms with Crippen LogP contribution in [0.2, 0.25) is 0 Å². The average molecular weight is 426 g/mol. The summed E-state index contributed by atoms with van der Waals surface area (Å²) in [6, 6.07) is 14.0. The molecule has 0 radical (unpaired) electrons. The Hall–Kier alpha value is -3.52. The van der Waals surface area contributed by atoms with Crippen molar-refractivity contribution in [3.63, 3.8) is 0 Å². The van der Waals surface area contributed by atoms with Crippen LogP contribution in [0, 0.1) is 6.92 Å². The van der Waals surface area contributed by atoms with Gasteiger partial charge in [-0.25, -0.2) is 0 Å². The second-order valence-electron chi connectivity index (χ2n) is 6.51. The number of rotatable bonds is 7. The number of thiophene rings is 1. The molecular weight excluding hydrogens is 402 g/mol.